The summed E-state index contributed by atoms with van der Waals surface area (Å²) in [5.74, 6) is 1.73. The summed E-state index contributed by atoms with van der Waals surface area (Å²) in [6.45, 7) is 3.82. The number of methoxy groups -OCH3 is 1. The lowest BCUT2D eigenvalue weighted by Crippen LogP contribution is -2.54. The van der Waals surface area contributed by atoms with Crippen LogP contribution < -0.4 is 10.1 Å². The van der Waals surface area contributed by atoms with E-state index in [1.54, 1.807) is 31.4 Å². The highest BCUT2D eigenvalue weighted by molar-refractivity contribution is 5.94. The van der Waals surface area contributed by atoms with Crippen molar-refractivity contribution in [1.82, 2.24) is 14.7 Å². The molecular weight excluding hydrogens is 456 g/mol. The van der Waals surface area contributed by atoms with Crippen molar-refractivity contribution in [1.29, 1.82) is 0 Å². The maximum atomic E-state index is 12.4. The van der Waals surface area contributed by atoms with Crippen LogP contribution in [0.15, 0.2) is 54.6 Å². The number of carbonyl (C=O) groups excluding carboxylic acids is 2. The predicted octanol–water partition coefficient (Wildman–Crippen LogP) is 4.72. The van der Waals surface area contributed by atoms with E-state index in [-0.39, 0.29) is 11.8 Å². The van der Waals surface area contributed by atoms with Crippen LogP contribution in [0.5, 0.6) is 5.75 Å². The average Bonchev–Trinajstić information content (AvgIpc) is 3.29. The number of benzene rings is 2. The van der Waals surface area contributed by atoms with Gasteiger partial charge in [-0.15, -0.1) is 0 Å². The quantitative estimate of drug-likeness (QED) is 0.484. The molecule has 188 valence electrons. The molecule has 0 aliphatic carbocycles. The monoisotopic (exact) mass is 488 g/mol. The standard InChI is InChI=1S/C28H32N4O4/c1-18(33)19-8-10-21(11-9-19)29-28(34)36-17-22-14-20-12-13-32(22)16-24(20)26-15-25(30-31(26)2)23-6-4-5-7-27(23)35-3/h4-11,15,20,22,24H,12-14,16-17H2,1-3H3,(H,29,34)/t20-,22+,24-/m0/s1. The number of aryl methyl sites for hydroxylation is 1. The molecule has 2 bridgehead atoms. The summed E-state index contributed by atoms with van der Waals surface area (Å²) in [5.41, 5.74) is 4.37. The fourth-order valence-corrected chi connectivity index (χ4v) is 5.58. The molecule has 6 rings (SSSR count). The molecule has 0 spiro atoms. The molecule has 1 unspecified atom stereocenters. The smallest absolute Gasteiger partial charge is 0.411 e. The minimum atomic E-state index is -0.474. The van der Waals surface area contributed by atoms with Gasteiger partial charge in [-0.2, -0.15) is 5.10 Å². The highest BCUT2D eigenvalue weighted by Crippen LogP contribution is 2.43. The van der Waals surface area contributed by atoms with Gasteiger partial charge in [-0.3, -0.25) is 19.7 Å². The van der Waals surface area contributed by atoms with Gasteiger partial charge in [0.25, 0.3) is 0 Å². The first-order valence-corrected chi connectivity index (χ1v) is 12.4. The Hall–Kier alpha value is -3.65. The van der Waals surface area contributed by atoms with E-state index >= 15 is 0 Å². The van der Waals surface area contributed by atoms with Crippen LogP contribution in [0.3, 0.4) is 0 Å². The van der Waals surface area contributed by atoms with Crippen LogP contribution in [0.4, 0.5) is 10.5 Å². The third-order valence-electron chi connectivity index (χ3n) is 7.50. The number of nitrogens with zero attached hydrogens (tertiary/aromatic N) is 3. The third kappa shape index (κ3) is 4.86. The fourth-order valence-electron chi connectivity index (χ4n) is 5.58. The first-order valence-electron chi connectivity index (χ1n) is 12.4. The lowest BCUT2D eigenvalue weighted by molar-refractivity contribution is -0.00222. The second-order valence-electron chi connectivity index (χ2n) is 9.68. The van der Waals surface area contributed by atoms with Gasteiger partial charge in [0, 0.05) is 48.1 Å². The number of rotatable bonds is 7. The van der Waals surface area contributed by atoms with Crippen LogP contribution in [0.1, 0.15) is 41.7 Å². The number of ketones is 1. The Bertz CT molecular complexity index is 1250. The summed E-state index contributed by atoms with van der Waals surface area (Å²) in [7, 11) is 3.70. The molecule has 3 fully saturated rings. The molecule has 3 aliphatic heterocycles. The Labute approximate surface area is 211 Å². The zero-order chi connectivity index (χ0) is 25.2. The number of hydrogen-bond donors (Lipinski definition) is 1. The summed E-state index contributed by atoms with van der Waals surface area (Å²) in [6, 6.07) is 17.2. The second kappa shape index (κ2) is 10.1. The van der Waals surface area contributed by atoms with Crippen LogP contribution in [-0.2, 0) is 11.8 Å². The normalized spacial score (nSPS) is 22.8. The van der Waals surface area contributed by atoms with E-state index in [0.717, 1.165) is 42.9 Å². The van der Waals surface area contributed by atoms with Gasteiger partial charge >= 0.3 is 6.09 Å². The Morgan fingerprint density at radius 2 is 1.92 bits per heavy atom. The van der Waals surface area contributed by atoms with Crippen LogP contribution >= 0.6 is 0 Å². The van der Waals surface area contributed by atoms with Gasteiger partial charge < -0.3 is 9.47 Å². The Kier molecular flexibility index (Phi) is 6.78. The van der Waals surface area contributed by atoms with Gasteiger partial charge in [-0.1, -0.05) is 12.1 Å². The molecule has 4 heterocycles. The number of Topliss-reactive ketones (excluding diaryl/α,β-unsaturated/α-hetero) is 1. The van der Waals surface area contributed by atoms with E-state index in [1.165, 1.54) is 12.6 Å². The van der Waals surface area contributed by atoms with Crippen LogP contribution in [-0.4, -0.2) is 59.4 Å². The minimum absolute atomic E-state index is 0.00836. The molecule has 3 aliphatic rings. The van der Waals surface area contributed by atoms with E-state index < -0.39 is 6.09 Å². The van der Waals surface area contributed by atoms with Crippen LogP contribution in [0, 0.1) is 5.92 Å². The largest absolute Gasteiger partial charge is 0.496 e. The number of fused-ring (bicyclic) bond motifs is 3. The van der Waals surface area contributed by atoms with E-state index in [9.17, 15) is 9.59 Å². The number of aromatic nitrogens is 2. The number of anilines is 1. The van der Waals surface area contributed by atoms with Gasteiger partial charge in [-0.25, -0.2) is 4.79 Å². The average molecular weight is 489 g/mol. The number of carbonyl (C=O) groups is 2. The van der Waals surface area contributed by atoms with Crippen molar-refractivity contribution in [3.8, 4) is 17.0 Å². The Morgan fingerprint density at radius 3 is 2.61 bits per heavy atom. The molecule has 4 atom stereocenters. The summed E-state index contributed by atoms with van der Waals surface area (Å²) in [5, 5.41) is 7.55. The van der Waals surface area contributed by atoms with Gasteiger partial charge in [0.05, 0.1) is 12.8 Å². The van der Waals surface area contributed by atoms with Crippen molar-refractivity contribution in [2.24, 2.45) is 13.0 Å². The predicted molar refractivity (Wildman–Crippen MR) is 137 cm³/mol. The fraction of sp³-hybridized carbons (Fsp3) is 0.393. The molecule has 1 N–H and O–H groups in total. The maximum Gasteiger partial charge on any atom is 0.411 e. The first-order chi connectivity index (χ1) is 17.4. The van der Waals surface area contributed by atoms with E-state index in [2.05, 4.69) is 16.3 Å². The highest BCUT2D eigenvalue weighted by atomic mass is 16.5. The summed E-state index contributed by atoms with van der Waals surface area (Å²) in [6.07, 6.45) is 1.64. The molecule has 3 saturated heterocycles. The van der Waals surface area contributed by atoms with Crippen molar-refractivity contribution in [2.45, 2.75) is 31.7 Å². The summed E-state index contributed by atoms with van der Waals surface area (Å²) >= 11 is 0. The number of amides is 1. The number of hydrogen-bond acceptors (Lipinski definition) is 6. The molecule has 2 aromatic carbocycles. The van der Waals surface area contributed by atoms with Crippen molar-refractivity contribution >= 4 is 17.6 Å². The van der Waals surface area contributed by atoms with E-state index in [4.69, 9.17) is 14.6 Å². The summed E-state index contributed by atoms with van der Waals surface area (Å²) < 4.78 is 13.1. The lowest BCUT2D eigenvalue weighted by atomic mass is 9.74. The number of piperidine rings is 3. The third-order valence-corrected chi connectivity index (χ3v) is 7.50. The highest BCUT2D eigenvalue weighted by Gasteiger charge is 2.42. The molecule has 3 aromatic rings. The first kappa shape index (κ1) is 24.1. The van der Waals surface area contributed by atoms with E-state index in [1.807, 2.05) is 36.0 Å². The molecule has 1 aromatic heterocycles. The van der Waals surface area contributed by atoms with Gasteiger partial charge in [-0.05, 0) is 74.7 Å². The molecule has 36 heavy (non-hydrogen) atoms. The molecule has 8 nitrogen and oxygen atoms in total. The second-order valence-corrected chi connectivity index (χ2v) is 9.68. The number of nitrogens with one attached hydrogen (secondary N) is 1. The molecule has 8 heteroatoms. The Morgan fingerprint density at radius 1 is 1.14 bits per heavy atom. The zero-order valence-electron chi connectivity index (χ0n) is 20.9. The zero-order valence-corrected chi connectivity index (χ0v) is 20.9. The molecule has 0 radical (unpaired) electrons. The van der Waals surface area contributed by atoms with Crippen molar-refractivity contribution < 1.29 is 19.1 Å². The van der Waals surface area contributed by atoms with Crippen molar-refractivity contribution in [3.05, 3.63) is 65.9 Å². The number of ether oxygens (including phenoxy) is 2. The SMILES string of the molecule is COc1ccccc1-c1cc([C@H]2CN3CC[C@H]2C[C@@H]3COC(=O)Nc2ccc(C(C)=O)cc2)n(C)n1. The summed E-state index contributed by atoms with van der Waals surface area (Å²) in [4.78, 5) is 26.2. The van der Waals surface area contributed by atoms with Crippen molar-refractivity contribution in [2.75, 3.05) is 32.1 Å². The molecular formula is C28H32N4O4. The van der Waals surface area contributed by atoms with Gasteiger partial charge in [0.15, 0.2) is 5.78 Å². The van der Waals surface area contributed by atoms with Gasteiger partial charge in [0.2, 0.25) is 0 Å². The van der Waals surface area contributed by atoms with Gasteiger partial charge in [0.1, 0.15) is 12.4 Å². The molecule has 1 amide bonds. The van der Waals surface area contributed by atoms with Crippen LogP contribution in [0.25, 0.3) is 11.3 Å². The van der Waals surface area contributed by atoms with Crippen LogP contribution in [0.2, 0.25) is 0 Å². The maximum absolute atomic E-state index is 12.4. The Balaban J connectivity index is 1.20. The minimum Gasteiger partial charge on any atom is -0.496 e. The lowest BCUT2D eigenvalue weighted by Gasteiger charge is -2.49. The number of para-hydroxylation sites is 1. The topological polar surface area (TPSA) is 85.7 Å². The van der Waals surface area contributed by atoms with Crippen molar-refractivity contribution in [3.63, 3.8) is 0 Å². The molecule has 0 saturated carbocycles. The van der Waals surface area contributed by atoms with E-state index in [0.29, 0.717) is 29.7 Å².